The van der Waals surface area contributed by atoms with Crippen LogP contribution in [0.15, 0.2) is 22.8 Å². The summed E-state index contributed by atoms with van der Waals surface area (Å²) in [7, 11) is 0. The first-order valence-electron chi connectivity index (χ1n) is 5.86. The average Bonchev–Trinajstić information content (AvgIpc) is 2.69. The number of likely N-dealkylation sites (tertiary alicyclic amines) is 1. The van der Waals surface area contributed by atoms with Gasteiger partial charge in [-0.25, -0.2) is 0 Å². The van der Waals surface area contributed by atoms with Gasteiger partial charge in [-0.3, -0.25) is 4.90 Å². The van der Waals surface area contributed by atoms with Crippen LogP contribution in [0.1, 0.15) is 38.0 Å². The van der Waals surface area contributed by atoms with Crippen molar-refractivity contribution in [2.45, 2.75) is 38.3 Å². The molecule has 1 saturated heterocycles. The third-order valence-corrected chi connectivity index (χ3v) is 3.27. The summed E-state index contributed by atoms with van der Waals surface area (Å²) < 4.78 is 5.51. The Morgan fingerprint density at radius 1 is 1.53 bits per heavy atom. The van der Waals surface area contributed by atoms with Crippen LogP contribution >= 0.6 is 0 Å². The van der Waals surface area contributed by atoms with Gasteiger partial charge in [0.25, 0.3) is 0 Å². The molecule has 2 N–H and O–H groups in total. The van der Waals surface area contributed by atoms with Gasteiger partial charge in [0.05, 0.1) is 12.3 Å². The summed E-state index contributed by atoms with van der Waals surface area (Å²) >= 11 is 0. The van der Waals surface area contributed by atoms with Crippen molar-refractivity contribution in [3.05, 3.63) is 24.2 Å². The quantitative estimate of drug-likeness (QED) is 0.809. The van der Waals surface area contributed by atoms with Crippen LogP contribution in [0.2, 0.25) is 0 Å². The first kappa shape index (κ1) is 10.7. The van der Waals surface area contributed by atoms with Crippen LogP contribution in [0.3, 0.4) is 0 Å². The lowest BCUT2D eigenvalue weighted by Gasteiger charge is -2.30. The third-order valence-electron chi connectivity index (χ3n) is 3.27. The number of furan rings is 1. The monoisotopic (exact) mass is 208 g/mol. The highest BCUT2D eigenvalue weighted by molar-refractivity contribution is 5.08. The smallest absolute Gasteiger partial charge is 0.122 e. The minimum absolute atomic E-state index is 0.207. The second-order valence-corrected chi connectivity index (χ2v) is 4.25. The molecule has 0 bridgehead atoms. The van der Waals surface area contributed by atoms with Gasteiger partial charge in [0.15, 0.2) is 0 Å². The Morgan fingerprint density at radius 2 is 2.40 bits per heavy atom. The lowest BCUT2D eigenvalue weighted by Crippen LogP contribution is -2.39. The first-order chi connectivity index (χ1) is 7.33. The number of nitrogens with zero attached hydrogens (tertiary/aromatic N) is 1. The number of hydrogen-bond acceptors (Lipinski definition) is 3. The van der Waals surface area contributed by atoms with Crippen molar-refractivity contribution in [2.75, 3.05) is 13.1 Å². The summed E-state index contributed by atoms with van der Waals surface area (Å²) in [5.74, 6) is 1.02. The van der Waals surface area contributed by atoms with Crippen LogP contribution in [-0.2, 0) is 0 Å². The summed E-state index contributed by atoms with van der Waals surface area (Å²) in [6.07, 6.45) is 5.32. The molecule has 84 valence electrons. The Morgan fingerprint density at radius 3 is 3.07 bits per heavy atom. The molecule has 0 radical (unpaired) electrons. The van der Waals surface area contributed by atoms with E-state index in [1.54, 1.807) is 6.26 Å². The molecule has 3 nitrogen and oxygen atoms in total. The largest absolute Gasteiger partial charge is 0.468 e. The van der Waals surface area contributed by atoms with Crippen molar-refractivity contribution in [1.82, 2.24) is 4.90 Å². The normalized spacial score (nSPS) is 28.9. The third kappa shape index (κ3) is 2.24. The maximum atomic E-state index is 6.23. The lowest BCUT2D eigenvalue weighted by atomic mass is 10.0. The van der Waals surface area contributed by atoms with Crippen molar-refractivity contribution in [3.63, 3.8) is 0 Å². The summed E-state index contributed by atoms with van der Waals surface area (Å²) in [6, 6.07) is 4.46. The Hall–Kier alpha value is -0.800. The van der Waals surface area contributed by atoms with Gasteiger partial charge >= 0.3 is 0 Å². The topological polar surface area (TPSA) is 42.4 Å². The number of rotatable bonds is 2. The van der Waals surface area contributed by atoms with E-state index in [-0.39, 0.29) is 12.1 Å². The minimum atomic E-state index is 0.207. The molecule has 1 fully saturated rings. The molecular weight excluding hydrogens is 188 g/mol. The first-order valence-corrected chi connectivity index (χ1v) is 5.86. The SMILES string of the molecule is CCN1CCCCC(N)C1c1ccco1. The van der Waals surface area contributed by atoms with Crippen molar-refractivity contribution in [2.24, 2.45) is 5.73 Å². The van der Waals surface area contributed by atoms with E-state index in [0.29, 0.717) is 0 Å². The van der Waals surface area contributed by atoms with Gasteiger partial charge in [0, 0.05) is 6.04 Å². The molecule has 2 heterocycles. The van der Waals surface area contributed by atoms with Gasteiger partial charge in [-0.05, 0) is 38.1 Å². The van der Waals surface area contributed by atoms with E-state index in [0.717, 1.165) is 25.3 Å². The van der Waals surface area contributed by atoms with Gasteiger partial charge in [-0.2, -0.15) is 0 Å². The fourth-order valence-corrected chi connectivity index (χ4v) is 2.47. The zero-order chi connectivity index (χ0) is 10.7. The average molecular weight is 208 g/mol. The molecule has 2 rings (SSSR count). The van der Waals surface area contributed by atoms with Crippen molar-refractivity contribution < 1.29 is 4.42 Å². The zero-order valence-corrected chi connectivity index (χ0v) is 9.36. The van der Waals surface area contributed by atoms with Gasteiger partial charge < -0.3 is 10.2 Å². The Bertz CT molecular complexity index is 284. The molecule has 1 aromatic rings. The highest BCUT2D eigenvalue weighted by Gasteiger charge is 2.29. The van der Waals surface area contributed by atoms with Crippen LogP contribution in [0.25, 0.3) is 0 Å². The van der Waals surface area contributed by atoms with Gasteiger partial charge in [0.2, 0.25) is 0 Å². The van der Waals surface area contributed by atoms with E-state index in [4.69, 9.17) is 10.2 Å². The van der Waals surface area contributed by atoms with Crippen LogP contribution in [-0.4, -0.2) is 24.0 Å². The maximum Gasteiger partial charge on any atom is 0.122 e. The zero-order valence-electron chi connectivity index (χ0n) is 9.36. The predicted molar refractivity (Wildman–Crippen MR) is 60.5 cm³/mol. The minimum Gasteiger partial charge on any atom is -0.468 e. The number of nitrogens with two attached hydrogens (primary N) is 1. The highest BCUT2D eigenvalue weighted by Crippen LogP contribution is 2.29. The molecule has 1 aliphatic heterocycles. The maximum absolute atomic E-state index is 6.23. The molecule has 0 spiro atoms. The van der Waals surface area contributed by atoms with Crippen molar-refractivity contribution in [1.29, 1.82) is 0 Å². The number of likely N-dealkylation sites (N-methyl/N-ethyl adjacent to an activating group) is 1. The van der Waals surface area contributed by atoms with Gasteiger partial charge in [-0.1, -0.05) is 13.3 Å². The van der Waals surface area contributed by atoms with Gasteiger partial charge in [0.1, 0.15) is 5.76 Å². The molecule has 1 aliphatic rings. The van der Waals surface area contributed by atoms with Crippen LogP contribution < -0.4 is 5.73 Å². The second kappa shape index (κ2) is 4.81. The molecule has 1 aromatic heterocycles. The summed E-state index contributed by atoms with van der Waals surface area (Å²) in [6.45, 7) is 4.36. The Balaban J connectivity index is 2.22. The van der Waals surface area contributed by atoms with E-state index < -0.39 is 0 Å². The van der Waals surface area contributed by atoms with E-state index in [9.17, 15) is 0 Å². The molecule has 0 amide bonds. The molecule has 0 aromatic carbocycles. The molecule has 15 heavy (non-hydrogen) atoms. The van der Waals surface area contributed by atoms with Crippen LogP contribution in [0, 0.1) is 0 Å². The fraction of sp³-hybridized carbons (Fsp3) is 0.667. The summed E-state index contributed by atoms with van der Waals surface area (Å²) in [4.78, 5) is 2.43. The Labute approximate surface area is 91.2 Å². The lowest BCUT2D eigenvalue weighted by molar-refractivity contribution is 0.171. The molecule has 0 saturated carbocycles. The highest BCUT2D eigenvalue weighted by atomic mass is 16.3. The fourth-order valence-electron chi connectivity index (χ4n) is 2.47. The van der Waals surface area contributed by atoms with E-state index in [1.165, 1.54) is 12.8 Å². The van der Waals surface area contributed by atoms with E-state index in [1.807, 2.05) is 12.1 Å². The van der Waals surface area contributed by atoms with Crippen molar-refractivity contribution in [3.8, 4) is 0 Å². The molecule has 0 aliphatic carbocycles. The number of hydrogen-bond donors (Lipinski definition) is 1. The van der Waals surface area contributed by atoms with E-state index >= 15 is 0 Å². The van der Waals surface area contributed by atoms with Crippen molar-refractivity contribution >= 4 is 0 Å². The predicted octanol–water partition coefficient (Wildman–Crippen LogP) is 2.15. The second-order valence-electron chi connectivity index (χ2n) is 4.25. The standard InChI is InChI=1S/C12H20N2O/c1-2-14-8-4-3-6-10(13)12(14)11-7-5-9-15-11/h5,7,9-10,12H,2-4,6,8,13H2,1H3. The van der Waals surface area contributed by atoms with E-state index in [2.05, 4.69) is 11.8 Å². The molecule has 2 atom stereocenters. The Kier molecular flexibility index (Phi) is 3.44. The molecular formula is C12H20N2O. The summed E-state index contributed by atoms with van der Waals surface area (Å²) in [5, 5.41) is 0. The van der Waals surface area contributed by atoms with Gasteiger partial charge in [-0.15, -0.1) is 0 Å². The molecule has 3 heteroatoms. The summed E-state index contributed by atoms with van der Waals surface area (Å²) in [5.41, 5.74) is 6.23. The van der Waals surface area contributed by atoms with Crippen LogP contribution in [0.4, 0.5) is 0 Å². The molecule has 2 unspecified atom stereocenters. The van der Waals surface area contributed by atoms with Crippen LogP contribution in [0.5, 0.6) is 0 Å².